The van der Waals surface area contributed by atoms with Crippen molar-refractivity contribution in [3.05, 3.63) is 68.8 Å². The molecule has 0 saturated carbocycles. The molecule has 14 heteroatoms. The van der Waals surface area contributed by atoms with E-state index in [1.165, 1.54) is 30.3 Å². The molecule has 2 aromatic carbocycles. The number of nitro groups is 2. The lowest BCUT2D eigenvalue weighted by atomic mass is 10.2. The molecule has 2 aromatic rings. The molecular weight excluding hydrogens is 428 g/mol. The average Bonchev–Trinajstić information content (AvgIpc) is 2.67. The van der Waals surface area contributed by atoms with Gasteiger partial charge in [0.2, 0.25) is 10.0 Å². The van der Waals surface area contributed by atoms with Gasteiger partial charge in [-0.05, 0) is 18.6 Å². The minimum absolute atomic E-state index is 0.0418. The molecule has 0 spiro atoms. The van der Waals surface area contributed by atoms with Crippen molar-refractivity contribution in [1.29, 1.82) is 0 Å². The molecule has 1 N–H and O–H groups in total. The zero-order chi connectivity index (χ0) is 21.6. The van der Waals surface area contributed by atoms with Gasteiger partial charge >= 0.3 is 0 Å². The fourth-order valence-electron chi connectivity index (χ4n) is 2.45. The van der Waals surface area contributed by atoms with Gasteiger partial charge in [0, 0.05) is 36.5 Å². The second-order valence-electron chi connectivity index (χ2n) is 5.54. The molecule has 0 bridgehead atoms. The molecule has 2 rings (SSSR count). The van der Waals surface area contributed by atoms with Crippen LogP contribution in [0.25, 0.3) is 0 Å². The van der Waals surface area contributed by atoms with Crippen molar-refractivity contribution >= 4 is 38.4 Å². The molecular formula is C15H15N4O8S2-. The number of hydrogen-bond acceptors (Lipinski definition) is 8. The highest BCUT2D eigenvalue weighted by Gasteiger charge is 2.25. The summed E-state index contributed by atoms with van der Waals surface area (Å²) in [5, 5.41) is 22.1. The van der Waals surface area contributed by atoms with Crippen LogP contribution < -0.4 is 9.03 Å². The Morgan fingerprint density at radius 1 is 0.966 bits per heavy atom. The molecule has 0 fully saturated rings. The third kappa shape index (κ3) is 5.54. The highest BCUT2D eigenvalue weighted by Crippen LogP contribution is 2.28. The molecule has 0 amide bonds. The van der Waals surface area contributed by atoms with Crippen LogP contribution in [0.2, 0.25) is 0 Å². The van der Waals surface area contributed by atoms with Gasteiger partial charge in [-0.1, -0.05) is 24.3 Å². The summed E-state index contributed by atoms with van der Waals surface area (Å²) >= 11 is -2.84. The lowest BCUT2D eigenvalue weighted by molar-refractivity contribution is -0.387. The maximum absolute atomic E-state index is 12.3. The van der Waals surface area contributed by atoms with E-state index in [4.69, 9.17) is 0 Å². The molecule has 0 radical (unpaired) electrons. The van der Waals surface area contributed by atoms with E-state index in [9.17, 15) is 37.4 Å². The van der Waals surface area contributed by atoms with E-state index in [1.54, 1.807) is 0 Å². The van der Waals surface area contributed by atoms with E-state index in [0.717, 1.165) is 22.5 Å². The average molecular weight is 443 g/mol. The maximum atomic E-state index is 12.3. The van der Waals surface area contributed by atoms with Gasteiger partial charge in [-0.25, -0.2) is 13.1 Å². The van der Waals surface area contributed by atoms with E-state index in [-0.39, 0.29) is 25.2 Å². The largest absolute Gasteiger partial charge is 0.755 e. The molecule has 0 heterocycles. The smallest absolute Gasteiger partial charge is 0.293 e. The summed E-state index contributed by atoms with van der Waals surface area (Å²) in [5.74, 6) is 0. The minimum atomic E-state index is -4.21. The third-order valence-electron chi connectivity index (χ3n) is 3.71. The summed E-state index contributed by atoms with van der Waals surface area (Å²) in [7, 11) is -4.21. The van der Waals surface area contributed by atoms with E-state index < -0.39 is 47.4 Å². The predicted octanol–water partition coefficient (Wildman–Crippen LogP) is 1.47. The van der Waals surface area contributed by atoms with Crippen LogP contribution in [-0.4, -0.2) is 40.1 Å². The molecule has 0 aliphatic rings. The molecule has 12 nitrogen and oxygen atoms in total. The molecule has 0 aromatic heterocycles. The summed E-state index contributed by atoms with van der Waals surface area (Å²) in [5.41, 5.74) is -1.17. The van der Waals surface area contributed by atoms with Crippen LogP contribution in [0.1, 0.15) is 6.42 Å². The maximum Gasteiger partial charge on any atom is 0.293 e. The number of hydrogen-bond donors (Lipinski definition) is 1. The first-order valence-electron chi connectivity index (χ1n) is 7.98. The predicted molar refractivity (Wildman–Crippen MR) is 102 cm³/mol. The van der Waals surface area contributed by atoms with Crippen molar-refractivity contribution in [3.63, 3.8) is 0 Å². The summed E-state index contributed by atoms with van der Waals surface area (Å²) in [4.78, 5) is 20.0. The Balaban J connectivity index is 2.10. The monoisotopic (exact) mass is 443 g/mol. The molecule has 0 saturated heterocycles. The first-order chi connectivity index (χ1) is 13.6. The van der Waals surface area contributed by atoms with Gasteiger partial charge < -0.3 is 4.55 Å². The summed E-state index contributed by atoms with van der Waals surface area (Å²) < 4.78 is 50.5. The lowest BCUT2D eigenvalue weighted by Gasteiger charge is -2.26. The molecule has 1 unspecified atom stereocenters. The molecule has 0 aliphatic carbocycles. The van der Waals surface area contributed by atoms with E-state index in [0.29, 0.717) is 0 Å². The van der Waals surface area contributed by atoms with Crippen molar-refractivity contribution in [2.45, 2.75) is 11.3 Å². The minimum Gasteiger partial charge on any atom is -0.755 e. The van der Waals surface area contributed by atoms with Crippen LogP contribution in [0.5, 0.6) is 0 Å². The number of nitrogens with zero attached hydrogens (tertiary/aromatic N) is 3. The topological polar surface area (TPSA) is 176 Å². The van der Waals surface area contributed by atoms with Gasteiger partial charge in [0.05, 0.1) is 9.85 Å². The van der Waals surface area contributed by atoms with Crippen molar-refractivity contribution in [2.24, 2.45) is 0 Å². The number of para-hydroxylation sites is 3. The van der Waals surface area contributed by atoms with Gasteiger partial charge in [0.25, 0.3) is 11.4 Å². The third-order valence-corrected chi connectivity index (χ3v) is 5.96. The first-order valence-corrected chi connectivity index (χ1v) is 10.5. The molecule has 156 valence electrons. The van der Waals surface area contributed by atoms with E-state index in [1.807, 2.05) is 0 Å². The highest BCUT2D eigenvalue weighted by molar-refractivity contribution is 7.89. The van der Waals surface area contributed by atoms with Crippen molar-refractivity contribution in [1.82, 2.24) is 4.72 Å². The second-order valence-corrected chi connectivity index (χ2v) is 8.15. The van der Waals surface area contributed by atoms with Crippen molar-refractivity contribution < 1.29 is 27.0 Å². The number of benzene rings is 2. The van der Waals surface area contributed by atoms with Gasteiger partial charge in [-0.15, -0.1) is 0 Å². The highest BCUT2D eigenvalue weighted by atomic mass is 32.2. The summed E-state index contributed by atoms with van der Waals surface area (Å²) in [6.45, 7) is -0.497. The zero-order valence-corrected chi connectivity index (χ0v) is 16.3. The van der Waals surface area contributed by atoms with Crippen LogP contribution in [-0.2, 0) is 21.3 Å². The summed E-state index contributed by atoms with van der Waals surface area (Å²) in [6.07, 6.45) is -0.0418. The lowest BCUT2D eigenvalue weighted by Crippen LogP contribution is -2.31. The number of rotatable bonds is 10. The number of nitrogens with one attached hydrogen (secondary N) is 1. The standard InChI is InChI=1S/C15H16N4O8S2/c20-18(21)13-7-2-1-6-12(13)17(28(24)25)11-5-10-16-29(26,27)15-9-4-3-8-14(15)19(22)23/h1-4,6-9,16H,5,10-11H2,(H,24,25)/p-1. The second kappa shape index (κ2) is 9.51. The van der Waals surface area contributed by atoms with Gasteiger partial charge in [0.15, 0.2) is 4.90 Å². The van der Waals surface area contributed by atoms with Gasteiger partial charge in [-0.3, -0.25) is 28.7 Å². The van der Waals surface area contributed by atoms with Gasteiger partial charge in [0.1, 0.15) is 5.69 Å². The summed E-state index contributed by atoms with van der Waals surface area (Å²) in [6, 6.07) is 9.99. The van der Waals surface area contributed by atoms with E-state index in [2.05, 4.69) is 4.72 Å². The van der Waals surface area contributed by atoms with Crippen LogP contribution in [0.4, 0.5) is 17.1 Å². The van der Waals surface area contributed by atoms with Crippen molar-refractivity contribution in [3.8, 4) is 0 Å². The van der Waals surface area contributed by atoms with Crippen LogP contribution in [0.3, 0.4) is 0 Å². The normalized spacial score (nSPS) is 12.3. The molecule has 0 aliphatic heterocycles. The van der Waals surface area contributed by atoms with Crippen LogP contribution >= 0.6 is 0 Å². The Morgan fingerprint density at radius 3 is 2.10 bits per heavy atom. The number of nitro benzene ring substituents is 2. The first kappa shape index (κ1) is 22.4. The van der Waals surface area contributed by atoms with Gasteiger partial charge in [-0.2, -0.15) is 0 Å². The zero-order valence-electron chi connectivity index (χ0n) is 14.7. The van der Waals surface area contributed by atoms with Crippen molar-refractivity contribution in [2.75, 3.05) is 17.4 Å². The fourth-order valence-corrected chi connectivity index (χ4v) is 4.28. The quantitative estimate of drug-likeness (QED) is 0.248. The SMILES string of the molecule is O=[N+]([O-])c1ccccc1N(CCCNS(=O)(=O)c1ccccc1[N+](=O)[O-])S(=O)[O-]. The Bertz CT molecular complexity index is 1040. The van der Waals surface area contributed by atoms with E-state index >= 15 is 0 Å². The number of anilines is 1. The Labute approximate surface area is 167 Å². The fraction of sp³-hybridized carbons (Fsp3) is 0.200. The Kier molecular flexibility index (Phi) is 7.33. The Hall–Kier alpha value is -2.94. The number of sulfonamides is 1. The molecule has 1 atom stereocenters. The van der Waals surface area contributed by atoms with Crippen LogP contribution in [0, 0.1) is 20.2 Å². The van der Waals surface area contributed by atoms with Crippen LogP contribution in [0.15, 0.2) is 53.4 Å². The molecule has 29 heavy (non-hydrogen) atoms. The Morgan fingerprint density at radius 2 is 1.52 bits per heavy atom.